The predicted octanol–water partition coefficient (Wildman–Crippen LogP) is 1.28. The van der Waals surface area contributed by atoms with Crippen molar-refractivity contribution in [1.29, 1.82) is 0 Å². The van der Waals surface area contributed by atoms with Crippen molar-refractivity contribution in [3.8, 4) is 0 Å². The first-order valence-electron chi connectivity index (χ1n) is 16.2. The molecular weight excluding hydrogens is 654 g/mol. The second-order valence-electron chi connectivity index (χ2n) is 11.0. The lowest BCUT2D eigenvalue weighted by atomic mass is 10.0. The summed E-state index contributed by atoms with van der Waals surface area (Å²) >= 11 is 0. The Hall–Kier alpha value is -3.50. The number of hydrogen-bond acceptors (Lipinski definition) is 16. The molecule has 19 heteroatoms. The molecule has 0 spiro atoms. The fourth-order valence-electron chi connectivity index (χ4n) is 5.04. The Balaban J connectivity index is 1.92. The summed E-state index contributed by atoms with van der Waals surface area (Å²) in [6.45, 7) is 0.455. The highest BCUT2D eigenvalue weighted by molar-refractivity contribution is 5.88. The van der Waals surface area contributed by atoms with Crippen molar-refractivity contribution in [2.45, 2.75) is 75.9 Å². The highest BCUT2D eigenvalue weighted by Crippen LogP contribution is 2.21. The number of nitrogens with one attached hydrogen (secondary N) is 2. The molecular formula is C30H49N5O14. The van der Waals surface area contributed by atoms with Gasteiger partial charge >= 0.3 is 18.0 Å². The first kappa shape index (κ1) is 41.7. The van der Waals surface area contributed by atoms with Crippen LogP contribution in [-0.2, 0) is 44.7 Å². The van der Waals surface area contributed by atoms with Gasteiger partial charge in [0.2, 0.25) is 5.91 Å². The number of benzene rings is 1. The van der Waals surface area contributed by atoms with E-state index in [1.54, 1.807) is 0 Å². The Morgan fingerprint density at radius 2 is 1.51 bits per heavy atom. The number of carboxylic acid groups (broad SMARTS) is 1. The maximum Gasteiger partial charge on any atom is 0.407 e. The van der Waals surface area contributed by atoms with Crippen molar-refractivity contribution in [2.24, 2.45) is 0 Å². The highest BCUT2D eigenvalue weighted by Gasteiger charge is 2.39. The van der Waals surface area contributed by atoms with Crippen LogP contribution in [0.25, 0.3) is 0 Å². The molecule has 0 bridgehead atoms. The minimum Gasteiger partial charge on any atom is -0.480 e. The van der Waals surface area contributed by atoms with Crippen molar-refractivity contribution in [2.75, 3.05) is 52.7 Å². The molecule has 0 saturated carbocycles. The van der Waals surface area contributed by atoms with Crippen molar-refractivity contribution in [1.82, 2.24) is 26.3 Å². The third-order valence-electron chi connectivity index (χ3n) is 7.44. The number of unbranched alkanes of at least 4 members (excludes halogenated alkanes) is 2. The first-order chi connectivity index (χ1) is 23.6. The van der Waals surface area contributed by atoms with Crippen LogP contribution in [0.1, 0.15) is 56.9 Å². The number of carbonyl (C=O) groups excluding carboxylic acids is 3. The van der Waals surface area contributed by atoms with E-state index in [0.717, 1.165) is 5.56 Å². The number of rotatable bonds is 26. The van der Waals surface area contributed by atoms with E-state index in [0.29, 0.717) is 51.5 Å². The molecule has 278 valence electrons. The number of alkyl carbamates (subject to hydrolysis) is 1. The van der Waals surface area contributed by atoms with Gasteiger partial charge in [0.1, 0.15) is 18.7 Å². The molecule has 1 aliphatic heterocycles. The van der Waals surface area contributed by atoms with E-state index in [1.165, 1.54) is 4.90 Å². The molecule has 2 rings (SSSR count). The molecule has 0 aliphatic carbocycles. The van der Waals surface area contributed by atoms with Crippen LogP contribution in [0.3, 0.4) is 0 Å². The van der Waals surface area contributed by atoms with Crippen molar-refractivity contribution < 1.29 is 69.0 Å². The van der Waals surface area contributed by atoms with Gasteiger partial charge in [-0.1, -0.05) is 30.3 Å². The largest absolute Gasteiger partial charge is 0.480 e. The number of esters is 1. The maximum absolute atomic E-state index is 13.8. The Morgan fingerprint density at radius 3 is 2.22 bits per heavy atom. The molecule has 1 aromatic carbocycles. The maximum atomic E-state index is 13.8. The summed E-state index contributed by atoms with van der Waals surface area (Å²) in [5.74, 6) is -2.14. The lowest BCUT2D eigenvalue weighted by Gasteiger charge is -2.30. The van der Waals surface area contributed by atoms with E-state index in [-0.39, 0.29) is 59.0 Å². The number of carbonyl (C=O) groups is 4. The summed E-state index contributed by atoms with van der Waals surface area (Å²) in [5, 5.41) is 48.8. The third kappa shape index (κ3) is 18.2. The van der Waals surface area contributed by atoms with Gasteiger partial charge in [-0.25, -0.2) is 14.4 Å². The fourth-order valence-corrected chi connectivity index (χ4v) is 5.04. The van der Waals surface area contributed by atoms with Crippen LogP contribution in [0.15, 0.2) is 30.3 Å². The van der Waals surface area contributed by atoms with E-state index < -0.39 is 52.8 Å². The number of aliphatic carboxylic acids is 1. The monoisotopic (exact) mass is 703 g/mol. The molecule has 1 aliphatic rings. The van der Waals surface area contributed by atoms with Gasteiger partial charge in [-0.3, -0.25) is 40.6 Å². The predicted molar refractivity (Wildman–Crippen MR) is 165 cm³/mol. The van der Waals surface area contributed by atoms with Crippen molar-refractivity contribution in [3.05, 3.63) is 35.9 Å². The van der Waals surface area contributed by atoms with Gasteiger partial charge < -0.3 is 29.5 Å². The van der Waals surface area contributed by atoms with E-state index in [9.17, 15) is 24.3 Å². The molecule has 2 amide bonds. The van der Waals surface area contributed by atoms with E-state index in [4.69, 9.17) is 35.0 Å². The fraction of sp³-hybridized carbons (Fsp3) is 0.667. The van der Waals surface area contributed by atoms with Crippen LogP contribution in [0.5, 0.6) is 0 Å². The number of likely N-dealkylation sites (tertiary alicyclic amines) is 1. The molecule has 3 unspecified atom stereocenters. The number of hydrogen-bond donors (Lipinski definition) is 7. The van der Waals surface area contributed by atoms with Crippen molar-refractivity contribution in [3.63, 3.8) is 0 Å². The van der Waals surface area contributed by atoms with Crippen LogP contribution < -0.4 is 10.6 Å². The van der Waals surface area contributed by atoms with E-state index in [2.05, 4.69) is 20.3 Å². The van der Waals surface area contributed by atoms with E-state index >= 15 is 0 Å². The lowest BCUT2D eigenvalue weighted by Crippen LogP contribution is -2.54. The van der Waals surface area contributed by atoms with E-state index in [1.807, 2.05) is 30.3 Å². The number of aryl methyl sites for hydroxylation is 1. The summed E-state index contributed by atoms with van der Waals surface area (Å²) in [4.78, 5) is 61.2. The summed E-state index contributed by atoms with van der Waals surface area (Å²) < 4.78 is 15.6. The third-order valence-corrected chi connectivity index (χ3v) is 7.44. The zero-order valence-electron chi connectivity index (χ0n) is 27.4. The van der Waals surface area contributed by atoms with Crippen molar-refractivity contribution >= 4 is 23.9 Å². The lowest BCUT2D eigenvalue weighted by molar-refractivity contribution is -0.493. The summed E-state index contributed by atoms with van der Waals surface area (Å²) in [6.07, 6.45) is 3.01. The normalized spacial score (nSPS) is 15.7. The Bertz CT molecular complexity index is 1100. The second-order valence-corrected chi connectivity index (χ2v) is 11.0. The average molecular weight is 704 g/mol. The van der Waals surface area contributed by atoms with Gasteiger partial charge in [-0.05, 0) is 63.4 Å². The van der Waals surface area contributed by atoms with Gasteiger partial charge in [-0.15, -0.1) is 0 Å². The highest BCUT2D eigenvalue weighted by atomic mass is 17.1. The molecule has 7 N–H and O–H groups in total. The Morgan fingerprint density at radius 1 is 0.816 bits per heavy atom. The minimum atomic E-state index is -1.11. The molecule has 1 fully saturated rings. The molecule has 1 heterocycles. The minimum absolute atomic E-state index is 0.00934. The Labute approximate surface area is 283 Å². The number of nitrogens with zero attached hydrogens (tertiary/aromatic N) is 3. The smallest absolute Gasteiger partial charge is 0.407 e. The molecule has 19 nitrogen and oxygen atoms in total. The van der Waals surface area contributed by atoms with Gasteiger partial charge in [0, 0.05) is 13.1 Å². The zero-order valence-corrected chi connectivity index (χ0v) is 27.4. The molecule has 1 saturated heterocycles. The van der Waals surface area contributed by atoms with Crippen LogP contribution in [0.2, 0.25) is 0 Å². The zero-order chi connectivity index (χ0) is 35.9. The number of amides is 2. The van der Waals surface area contributed by atoms with Gasteiger partial charge in [0.15, 0.2) is 0 Å². The van der Waals surface area contributed by atoms with Gasteiger partial charge in [0.25, 0.3) is 0 Å². The number of ether oxygens (including phenoxy) is 3. The summed E-state index contributed by atoms with van der Waals surface area (Å²) in [7, 11) is 0. The Kier molecular flexibility index (Phi) is 20.9. The van der Waals surface area contributed by atoms with Gasteiger partial charge in [0.05, 0.1) is 49.9 Å². The number of carboxylic acids is 1. The molecule has 0 aromatic heterocycles. The SMILES string of the molecule is O=C(NCCCCC(NC(CCc1ccccc1)C(=O)O)C(=O)N1CCCC1C(=O)OCCOCCON(O)O)OCCCCON(O)O. The summed E-state index contributed by atoms with van der Waals surface area (Å²) in [6, 6.07) is 6.57. The topological polar surface area (TPSA) is 249 Å². The summed E-state index contributed by atoms with van der Waals surface area (Å²) in [5.41, 5.74) is 0.953. The average Bonchev–Trinajstić information content (AvgIpc) is 3.56. The quantitative estimate of drug-likeness (QED) is 0.0408. The standard InChI is InChI=1S/C30H49N5O14/c36-27(33-16-8-12-26(33)29(39)46-21-19-45-20-22-49-35(43)44)24(32-25(28(37)38)14-13-23-9-2-1-3-10-23)11-4-5-15-31-30(40)47-17-6-7-18-48-34(41)42/h1-3,9-10,24-26,32,41-44H,4-8,11-22H2,(H,31,40)(H,37,38). The second kappa shape index (κ2) is 24.6. The van der Waals surface area contributed by atoms with Crippen LogP contribution in [0, 0.1) is 0 Å². The van der Waals surface area contributed by atoms with Gasteiger partial charge in [-0.2, -0.15) is 0 Å². The van der Waals surface area contributed by atoms with Crippen LogP contribution >= 0.6 is 0 Å². The van der Waals surface area contributed by atoms with Crippen LogP contribution in [-0.4, -0.2) is 136 Å². The first-order valence-corrected chi connectivity index (χ1v) is 16.2. The molecule has 3 atom stereocenters. The molecule has 49 heavy (non-hydrogen) atoms. The molecule has 0 radical (unpaired) electrons. The van der Waals surface area contributed by atoms with Crippen LogP contribution in [0.4, 0.5) is 4.79 Å². The molecule has 1 aromatic rings.